The van der Waals surface area contributed by atoms with Gasteiger partial charge in [-0.1, -0.05) is 31.9 Å². The maximum Gasteiger partial charge on any atom is 0.123 e. The van der Waals surface area contributed by atoms with Crippen LogP contribution in [-0.4, -0.2) is 17.7 Å². The van der Waals surface area contributed by atoms with Crippen LogP contribution in [-0.2, 0) is 0 Å². The second-order valence-corrected chi connectivity index (χ2v) is 5.34. The summed E-state index contributed by atoms with van der Waals surface area (Å²) in [6.07, 6.45) is 4.50. The van der Waals surface area contributed by atoms with Crippen molar-refractivity contribution in [2.75, 3.05) is 6.54 Å². The van der Waals surface area contributed by atoms with Crippen molar-refractivity contribution in [1.29, 1.82) is 0 Å². The molecule has 3 atom stereocenters. The zero-order valence-corrected chi connectivity index (χ0v) is 10.9. The molecular formula is C15H22FNO. The lowest BCUT2D eigenvalue weighted by atomic mass is 9.86. The number of nitrogens with one attached hydrogen (secondary N) is 1. The van der Waals surface area contributed by atoms with Crippen LogP contribution in [0.4, 0.5) is 4.39 Å². The fourth-order valence-corrected chi connectivity index (χ4v) is 2.69. The molecule has 1 aromatic carbocycles. The lowest BCUT2D eigenvalue weighted by Gasteiger charge is -2.30. The van der Waals surface area contributed by atoms with Crippen LogP contribution in [0.1, 0.15) is 44.3 Å². The number of hydrogen-bond acceptors (Lipinski definition) is 2. The fraction of sp³-hybridized carbons (Fsp3) is 0.600. The van der Waals surface area contributed by atoms with Crippen LogP contribution >= 0.6 is 0 Å². The molecule has 3 heteroatoms. The smallest absolute Gasteiger partial charge is 0.123 e. The van der Waals surface area contributed by atoms with E-state index in [9.17, 15) is 9.50 Å². The molecule has 1 fully saturated rings. The van der Waals surface area contributed by atoms with E-state index in [0.29, 0.717) is 18.5 Å². The third-order valence-electron chi connectivity index (χ3n) is 3.94. The highest BCUT2D eigenvalue weighted by atomic mass is 19.1. The first-order valence-electron chi connectivity index (χ1n) is 6.83. The number of aliphatic hydroxyl groups excluding tert-OH is 1. The molecule has 0 spiro atoms. The molecule has 0 radical (unpaired) electrons. The van der Waals surface area contributed by atoms with Crippen molar-refractivity contribution in [3.63, 3.8) is 0 Å². The van der Waals surface area contributed by atoms with Crippen molar-refractivity contribution in [2.24, 2.45) is 5.92 Å². The molecule has 1 saturated carbocycles. The second kappa shape index (κ2) is 6.30. The van der Waals surface area contributed by atoms with Gasteiger partial charge >= 0.3 is 0 Å². The summed E-state index contributed by atoms with van der Waals surface area (Å²) in [5.74, 6) is 0.416. The van der Waals surface area contributed by atoms with Crippen LogP contribution in [0.25, 0.3) is 0 Å². The van der Waals surface area contributed by atoms with E-state index in [1.54, 1.807) is 12.1 Å². The van der Waals surface area contributed by atoms with Crippen molar-refractivity contribution < 1.29 is 9.50 Å². The molecule has 3 unspecified atom stereocenters. The Morgan fingerprint density at radius 1 is 1.28 bits per heavy atom. The molecule has 0 aromatic heterocycles. The SMILES string of the molecule is CC1CCCCC1NCC(O)c1ccc(F)cc1. The van der Waals surface area contributed by atoms with Crippen molar-refractivity contribution in [1.82, 2.24) is 5.32 Å². The summed E-state index contributed by atoms with van der Waals surface area (Å²) in [4.78, 5) is 0. The topological polar surface area (TPSA) is 32.3 Å². The molecule has 0 amide bonds. The third kappa shape index (κ3) is 3.53. The zero-order chi connectivity index (χ0) is 13.0. The fourth-order valence-electron chi connectivity index (χ4n) is 2.69. The molecule has 1 aromatic rings. The first kappa shape index (κ1) is 13.5. The minimum Gasteiger partial charge on any atom is -0.387 e. The summed E-state index contributed by atoms with van der Waals surface area (Å²) < 4.78 is 12.8. The third-order valence-corrected chi connectivity index (χ3v) is 3.94. The summed E-state index contributed by atoms with van der Waals surface area (Å²) in [6, 6.07) is 6.58. The Kier molecular flexibility index (Phi) is 4.72. The van der Waals surface area contributed by atoms with Gasteiger partial charge in [-0.05, 0) is 36.5 Å². The van der Waals surface area contributed by atoms with Gasteiger partial charge in [-0.15, -0.1) is 0 Å². The van der Waals surface area contributed by atoms with E-state index in [4.69, 9.17) is 0 Å². The van der Waals surface area contributed by atoms with E-state index in [2.05, 4.69) is 12.2 Å². The van der Waals surface area contributed by atoms with E-state index in [-0.39, 0.29) is 5.82 Å². The average Bonchev–Trinajstić information content (AvgIpc) is 2.38. The van der Waals surface area contributed by atoms with Gasteiger partial charge < -0.3 is 10.4 Å². The largest absolute Gasteiger partial charge is 0.387 e. The summed E-state index contributed by atoms with van der Waals surface area (Å²) >= 11 is 0. The first-order valence-corrected chi connectivity index (χ1v) is 6.83. The van der Waals surface area contributed by atoms with Crippen LogP contribution in [0.15, 0.2) is 24.3 Å². The monoisotopic (exact) mass is 251 g/mol. The van der Waals surface area contributed by atoms with Gasteiger partial charge in [0.1, 0.15) is 5.82 Å². The summed E-state index contributed by atoms with van der Waals surface area (Å²) in [5, 5.41) is 13.5. The number of aliphatic hydroxyl groups is 1. The average molecular weight is 251 g/mol. The van der Waals surface area contributed by atoms with E-state index in [0.717, 1.165) is 5.56 Å². The molecule has 18 heavy (non-hydrogen) atoms. The Balaban J connectivity index is 1.83. The Bertz CT molecular complexity index is 365. The summed E-state index contributed by atoms with van der Waals surface area (Å²) in [5.41, 5.74) is 0.771. The van der Waals surface area contributed by atoms with E-state index in [1.165, 1.54) is 37.8 Å². The minimum absolute atomic E-state index is 0.264. The van der Waals surface area contributed by atoms with Gasteiger partial charge in [0.25, 0.3) is 0 Å². The Morgan fingerprint density at radius 2 is 1.94 bits per heavy atom. The lowest BCUT2D eigenvalue weighted by Crippen LogP contribution is -2.39. The molecule has 2 rings (SSSR count). The highest BCUT2D eigenvalue weighted by Crippen LogP contribution is 2.24. The first-order chi connectivity index (χ1) is 8.66. The molecular weight excluding hydrogens is 229 g/mol. The Morgan fingerprint density at radius 3 is 2.61 bits per heavy atom. The minimum atomic E-state index is -0.556. The maximum atomic E-state index is 12.8. The molecule has 0 heterocycles. The number of hydrogen-bond donors (Lipinski definition) is 2. The van der Waals surface area contributed by atoms with Crippen LogP contribution < -0.4 is 5.32 Å². The molecule has 100 valence electrons. The van der Waals surface area contributed by atoms with Crippen molar-refractivity contribution >= 4 is 0 Å². The van der Waals surface area contributed by atoms with Crippen LogP contribution in [0, 0.1) is 11.7 Å². The van der Waals surface area contributed by atoms with Gasteiger partial charge in [-0.3, -0.25) is 0 Å². The second-order valence-electron chi connectivity index (χ2n) is 5.34. The van der Waals surface area contributed by atoms with Gasteiger partial charge in [0, 0.05) is 12.6 Å². The highest BCUT2D eigenvalue weighted by Gasteiger charge is 2.21. The zero-order valence-electron chi connectivity index (χ0n) is 10.9. The molecule has 2 N–H and O–H groups in total. The highest BCUT2D eigenvalue weighted by molar-refractivity contribution is 5.18. The van der Waals surface area contributed by atoms with Gasteiger partial charge in [-0.25, -0.2) is 4.39 Å². The molecule has 0 saturated heterocycles. The van der Waals surface area contributed by atoms with Crippen molar-refractivity contribution in [3.05, 3.63) is 35.6 Å². The summed E-state index contributed by atoms with van der Waals surface area (Å²) in [6.45, 7) is 2.81. The van der Waals surface area contributed by atoms with E-state index >= 15 is 0 Å². The molecule has 0 bridgehead atoms. The Labute approximate surface area is 108 Å². The standard InChI is InChI=1S/C15H22FNO/c1-11-4-2-3-5-14(11)17-10-15(18)12-6-8-13(16)9-7-12/h6-9,11,14-15,17-18H,2-5,10H2,1H3. The van der Waals surface area contributed by atoms with Crippen LogP contribution in [0.5, 0.6) is 0 Å². The molecule has 1 aliphatic rings. The van der Waals surface area contributed by atoms with Gasteiger partial charge in [-0.2, -0.15) is 0 Å². The predicted molar refractivity (Wildman–Crippen MR) is 70.8 cm³/mol. The van der Waals surface area contributed by atoms with Crippen molar-refractivity contribution in [3.8, 4) is 0 Å². The van der Waals surface area contributed by atoms with Gasteiger partial charge in [0.2, 0.25) is 0 Å². The van der Waals surface area contributed by atoms with E-state index < -0.39 is 6.10 Å². The van der Waals surface area contributed by atoms with Crippen LogP contribution in [0.3, 0.4) is 0 Å². The lowest BCUT2D eigenvalue weighted by molar-refractivity contribution is 0.157. The van der Waals surface area contributed by atoms with E-state index in [1.807, 2.05) is 0 Å². The Hall–Kier alpha value is -0.930. The normalized spacial score (nSPS) is 25.9. The van der Waals surface area contributed by atoms with Crippen LogP contribution in [0.2, 0.25) is 0 Å². The van der Waals surface area contributed by atoms with Crippen molar-refractivity contribution in [2.45, 2.75) is 44.8 Å². The number of halogens is 1. The number of benzene rings is 1. The number of rotatable bonds is 4. The van der Waals surface area contributed by atoms with Gasteiger partial charge in [0.15, 0.2) is 0 Å². The predicted octanol–water partition coefficient (Wildman–Crippen LogP) is 3.03. The maximum absolute atomic E-state index is 12.8. The molecule has 0 aliphatic heterocycles. The van der Waals surface area contributed by atoms with Gasteiger partial charge in [0.05, 0.1) is 6.10 Å². The quantitative estimate of drug-likeness (QED) is 0.862. The molecule has 1 aliphatic carbocycles. The summed E-state index contributed by atoms with van der Waals surface area (Å²) in [7, 11) is 0. The molecule has 2 nitrogen and oxygen atoms in total.